The summed E-state index contributed by atoms with van der Waals surface area (Å²) >= 11 is 1.85. The van der Waals surface area contributed by atoms with Gasteiger partial charge in [-0.1, -0.05) is 35.0 Å². The summed E-state index contributed by atoms with van der Waals surface area (Å²) < 4.78 is 5.36. The third kappa shape index (κ3) is 2.82. The van der Waals surface area contributed by atoms with E-state index in [0.717, 1.165) is 17.3 Å². The van der Waals surface area contributed by atoms with Gasteiger partial charge in [-0.3, -0.25) is 0 Å². The van der Waals surface area contributed by atoms with Crippen molar-refractivity contribution < 1.29 is 4.52 Å². The molecule has 0 radical (unpaired) electrons. The van der Waals surface area contributed by atoms with E-state index in [-0.39, 0.29) is 12.0 Å². The van der Waals surface area contributed by atoms with E-state index >= 15 is 0 Å². The molecule has 5 heteroatoms. The molecule has 100 valence electrons. The fourth-order valence-electron chi connectivity index (χ4n) is 2.20. The zero-order chi connectivity index (χ0) is 13.2. The van der Waals surface area contributed by atoms with E-state index in [1.165, 1.54) is 11.1 Å². The van der Waals surface area contributed by atoms with Gasteiger partial charge in [-0.15, -0.1) is 0 Å². The van der Waals surface area contributed by atoms with Crippen LogP contribution in [0.5, 0.6) is 0 Å². The highest BCUT2D eigenvalue weighted by atomic mass is 32.2. The van der Waals surface area contributed by atoms with Crippen LogP contribution in [0, 0.1) is 6.92 Å². The first-order valence-electron chi connectivity index (χ1n) is 6.44. The molecule has 1 fully saturated rings. The van der Waals surface area contributed by atoms with Crippen molar-refractivity contribution in [1.82, 2.24) is 10.1 Å². The highest BCUT2D eigenvalue weighted by Gasteiger charge is 2.30. The SMILES string of the molecule is Cc1ccc(Cc2noc(C3CSCC3N)n2)cc1. The molecule has 0 saturated carbocycles. The van der Waals surface area contributed by atoms with Gasteiger partial charge in [-0.05, 0) is 12.5 Å². The van der Waals surface area contributed by atoms with Gasteiger partial charge < -0.3 is 10.3 Å². The first kappa shape index (κ1) is 12.7. The van der Waals surface area contributed by atoms with E-state index in [0.29, 0.717) is 12.3 Å². The number of benzene rings is 1. The summed E-state index contributed by atoms with van der Waals surface area (Å²) in [4.78, 5) is 4.49. The number of rotatable bonds is 3. The number of hydrogen-bond donors (Lipinski definition) is 1. The van der Waals surface area contributed by atoms with E-state index in [1.807, 2.05) is 11.8 Å². The Kier molecular flexibility index (Phi) is 3.57. The zero-order valence-electron chi connectivity index (χ0n) is 10.9. The molecule has 0 amide bonds. The number of nitrogens with two attached hydrogens (primary N) is 1. The third-order valence-corrected chi connectivity index (χ3v) is 4.62. The average Bonchev–Trinajstić information content (AvgIpc) is 3.01. The maximum atomic E-state index is 6.04. The second-order valence-electron chi connectivity index (χ2n) is 5.02. The number of hydrogen-bond acceptors (Lipinski definition) is 5. The zero-order valence-corrected chi connectivity index (χ0v) is 11.7. The van der Waals surface area contributed by atoms with Crippen LogP contribution < -0.4 is 5.73 Å². The predicted octanol–water partition coefficient (Wildman–Crippen LogP) is 2.13. The molecule has 0 aliphatic carbocycles. The van der Waals surface area contributed by atoms with Crippen LogP contribution in [0.25, 0.3) is 0 Å². The standard InChI is InChI=1S/C14H17N3OS/c1-9-2-4-10(5-3-9)6-13-16-14(18-17-13)11-7-19-8-12(11)15/h2-5,11-12H,6-8,15H2,1H3. The van der Waals surface area contributed by atoms with Crippen molar-refractivity contribution in [3.05, 3.63) is 47.1 Å². The van der Waals surface area contributed by atoms with Crippen LogP contribution in [-0.4, -0.2) is 27.7 Å². The van der Waals surface area contributed by atoms with Crippen LogP contribution in [-0.2, 0) is 6.42 Å². The highest BCUT2D eigenvalue weighted by molar-refractivity contribution is 7.99. The van der Waals surface area contributed by atoms with Gasteiger partial charge >= 0.3 is 0 Å². The molecule has 2 heterocycles. The number of thioether (sulfide) groups is 1. The molecule has 1 aliphatic heterocycles. The van der Waals surface area contributed by atoms with Gasteiger partial charge in [-0.25, -0.2) is 0 Å². The minimum atomic E-state index is 0.137. The maximum absolute atomic E-state index is 6.04. The molecule has 1 aliphatic rings. The lowest BCUT2D eigenvalue weighted by Crippen LogP contribution is -2.26. The van der Waals surface area contributed by atoms with Crippen LogP contribution in [0.15, 0.2) is 28.8 Å². The molecule has 0 bridgehead atoms. The van der Waals surface area contributed by atoms with Gasteiger partial charge in [0.15, 0.2) is 5.82 Å². The minimum absolute atomic E-state index is 0.137. The van der Waals surface area contributed by atoms with E-state index in [9.17, 15) is 0 Å². The van der Waals surface area contributed by atoms with Crippen molar-refractivity contribution in [1.29, 1.82) is 0 Å². The monoisotopic (exact) mass is 275 g/mol. The first-order valence-corrected chi connectivity index (χ1v) is 7.59. The summed E-state index contributed by atoms with van der Waals surface area (Å²) in [5.41, 5.74) is 8.49. The van der Waals surface area contributed by atoms with Crippen molar-refractivity contribution in [2.45, 2.75) is 25.3 Å². The minimum Gasteiger partial charge on any atom is -0.339 e. The quantitative estimate of drug-likeness (QED) is 0.929. The van der Waals surface area contributed by atoms with Gasteiger partial charge in [0.2, 0.25) is 5.89 Å². The Morgan fingerprint density at radius 1 is 1.32 bits per heavy atom. The molecule has 2 atom stereocenters. The van der Waals surface area contributed by atoms with Gasteiger partial charge in [-0.2, -0.15) is 16.7 Å². The molecule has 3 rings (SSSR count). The van der Waals surface area contributed by atoms with Crippen molar-refractivity contribution in [2.75, 3.05) is 11.5 Å². The topological polar surface area (TPSA) is 64.9 Å². The van der Waals surface area contributed by atoms with E-state index in [1.54, 1.807) is 0 Å². The summed E-state index contributed by atoms with van der Waals surface area (Å²) in [7, 11) is 0. The van der Waals surface area contributed by atoms with E-state index in [2.05, 4.69) is 41.3 Å². The molecule has 2 unspecified atom stereocenters. The van der Waals surface area contributed by atoms with Crippen molar-refractivity contribution >= 4 is 11.8 Å². The largest absolute Gasteiger partial charge is 0.339 e. The Balaban J connectivity index is 1.72. The summed E-state index contributed by atoms with van der Waals surface area (Å²) in [6.07, 6.45) is 0.707. The summed E-state index contributed by atoms with van der Waals surface area (Å²) in [6.45, 7) is 2.08. The van der Waals surface area contributed by atoms with Crippen molar-refractivity contribution in [3.8, 4) is 0 Å². The summed E-state index contributed by atoms with van der Waals surface area (Å²) in [5.74, 6) is 3.60. The van der Waals surface area contributed by atoms with Crippen LogP contribution in [0.4, 0.5) is 0 Å². The summed E-state index contributed by atoms with van der Waals surface area (Å²) in [6, 6.07) is 8.53. The molecule has 1 aromatic carbocycles. The molecular formula is C14H17N3OS. The van der Waals surface area contributed by atoms with Crippen molar-refractivity contribution in [2.24, 2.45) is 5.73 Å². The second kappa shape index (κ2) is 5.35. The Bertz CT molecular complexity index is 552. The van der Waals surface area contributed by atoms with Crippen LogP contribution >= 0.6 is 11.8 Å². The lowest BCUT2D eigenvalue weighted by Gasteiger charge is -2.07. The van der Waals surface area contributed by atoms with Gasteiger partial charge in [0.05, 0.1) is 5.92 Å². The molecule has 1 aromatic heterocycles. The molecular weight excluding hydrogens is 258 g/mol. The Morgan fingerprint density at radius 2 is 2.11 bits per heavy atom. The fraction of sp³-hybridized carbons (Fsp3) is 0.429. The number of aryl methyl sites for hydroxylation is 1. The average molecular weight is 275 g/mol. The molecule has 2 N–H and O–H groups in total. The molecule has 2 aromatic rings. The second-order valence-corrected chi connectivity index (χ2v) is 6.09. The Hall–Kier alpha value is -1.33. The summed E-state index contributed by atoms with van der Waals surface area (Å²) in [5, 5.41) is 4.06. The molecule has 1 saturated heterocycles. The van der Waals surface area contributed by atoms with Gasteiger partial charge in [0.1, 0.15) is 0 Å². The number of aromatic nitrogens is 2. The van der Waals surface area contributed by atoms with Gasteiger partial charge in [0.25, 0.3) is 0 Å². The lowest BCUT2D eigenvalue weighted by molar-refractivity contribution is 0.349. The van der Waals surface area contributed by atoms with Crippen molar-refractivity contribution in [3.63, 3.8) is 0 Å². The molecule has 4 nitrogen and oxygen atoms in total. The maximum Gasteiger partial charge on any atom is 0.232 e. The third-order valence-electron chi connectivity index (χ3n) is 3.41. The van der Waals surface area contributed by atoms with Crippen LogP contribution in [0.2, 0.25) is 0 Å². The van der Waals surface area contributed by atoms with Crippen LogP contribution in [0.3, 0.4) is 0 Å². The van der Waals surface area contributed by atoms with Crippen LogP contribution in [0.1, 0.15) is 28.8 Å². The normalized spacial score (nSPS) is 22.8. The molecule has 19 heavy (non-hydrogen) atoms. The first-order chi connectivity index (χ1) is 9.22. The highest BCUT2D eigenvalue weighted by Crippen LogP contribution is 2.30. The lowest BCUT2D eigenvalue weighted by atomic mass is 10.1. The Morgan fingerprint density at radius 3 is 2.79 bits per heavy atom. The van der Waals surface area contributed by atoms with E-state index < -0.39 is 0 Å². The van der Waals surface area contributed by atoms with E-state index in [4.69, 9.17) is 10.3 Å². The smallest absolute Gasteiger partial charge is 0.232 e. The van der Waals surface area contributed by atoms with Gasteiger partial charge in [0, 0.05) is 24.0 Å². The predicted molar refractivity (Wildman–Crippen MR) is 76.3 cm³/mol. The molecule has 0 spiro atoms. The fourth-order valence-corrected chi connectivity index (χ4v) is 3.49. The Labute approximate surface area is 116 Å². The number of nitrogens with zero attached hydrogens (tertiary/aromatic N) is 2.